The van der Waals surface area contributed by atoms with Crippen LogP contribution in [0, 0.1) is 0 Å². The first-order chi connectivity index (χ1) is 9.49. The fraction of sp³-hybridized carbons (Fsp3) is 0.462. The molecule has 1 rings (SSSR count). The summed E-state index contributed by atoms with van der Waals surface area (Å²) in [6, 6.07) is 6.13. The molecule has 21 heavy (non-hydrogen) atoms. The van der Waals surface area contributed by atoms with Crippen molar-refractivity contribution in [2.45, 2.75) is 43.9 Å². The Labute approximate surface area is 133 Å². The van der Waals surface area contributed by atoms with Crippen molar-refractivity contribution in [3.05, 3.63) is 28.7 Å². The maximum atomic E-state index is 12.3. The third-order valence-corrected chi connectivity index (χ3v) is 4.29. The summed E-state index contributed by atoms with van der Waals surface area (Å²) in [5.41, 5.74) is 4.51. The monoisotopic (exact) mass is 378 g/mol. The summed E-state index contributed by atoms with van der Waals surface area (Å²) in [6.07, 6.45) is -1.26. The molecule has 118 valence electrons. The maximum absolute atomic E-state index is 12.3. The topological polar surface area (TPSA) is 98.5 Å². The van der Waals surface area contributed by atoms with Crippen LogP contribution >= 0.6 is 15.9 Å². The summed E-state index contributed by atoms with van der Waals surface area (Å²) in [4.78, 5) is 11.1. The number of nitrogens with two attached hydrogens (primary N) is 1. The van der Waals surface area contributed by atoms with Gasteiger partial charge >= 0.3 is 0 Å². The van der Waals surface area contributed by atoms with E-state index in [-0.39, 0.29) is 11.3 Å². The van der Waals surface area contributed by atoms with Gasteiger partial charge in [-0.25, -0.2) is 8.42 Å². The summed E-state index contributed by atoms with van der Waals surface area (Å²) in [5.74, 6) is -0.650. The number of sulfonamides is 1. The number of halogens is 1. The predicted octanol–water partition coefficient (Wildman–Crippen LogP) is 1.74. The maximum Gasteiger partial charge on any atom is 0.242 e. The van der Waals surface area contributed by atoms with Crippen LogP contribution in [-0.2, 0) is 19.6 Å². The van der Waals surface area contributed by atoms with Gasteiger partial charge in [-0.15, -0.1) is 0 Å². The zero-order valence-corrected chi connectivity index (χ0v) is 14.5. The lowest BCUT2D eigenvalue weighted by molar-refractivity contribution is -0.125. The SMILES string of the molecule is CC(C)(C)OC(CC(N)=O)NS(=O)(=O)c1ccc(Br)cc1. The van der Waals surface area contributed by atoms with E-state index < -0.39 is 27.8 Å². The number of amides is 1. The van der Waals surface area contributed by atoms with Crippen LogP contribution in [0.1, 0.15) is 27.2 Å². The van der Waals surface area contributed by atoms with E-state index in [1.54, 1.807) is 32.9 Å². The normalized spacial score (nSPS) is 13.9. The summed E-state index contributed by atoms with van der Waals surface area (Å²) >= 11 is 3.23. The zero-order valence-electron chi connectivity index (χ0n) is 12.1. The van der Waals surface area contributed by atoms with Crippen molar-refractivity contribution in [1.82, 2.24) is 4.72 Å². The number of hydrogen-bond donors (Lipinski definition) is 2. The second-order valence-corrected chi connectivity index (χ2v) is 8.09. The molecule has 0 aliphatic heterocycles. The molecule has 0 saturated carbocycles. The number of hydrogen-bond acceptors (Lipinski definition) is 4. The molecule has 8 heteroatoms. The van der Waals surface area contributed by atoms with Gasteiger partial charge in [0.15, 0.2) is 0 Å². The molecule has 0 heterocycles. The molecule has 1 unspecified atom stereocenters. The van der Waals surface area contributed by atoms with E-state index in [9.17, 15) is 13.2 Å². The second kappa shape index (κ2) is 6.87. The number of benzene rings is 1. The van der Waals surface area contributed by atoms with Gasteiger partial charge in [0, 0.05) is 4.47 Å². The van der Waals surface area contributed by atoms with Crippen molar-refractivity contribution in [3.8, 4) is 0 Å². The summed E-state index contributed by atoms with van der Waals surface area (Å²) in [5, 5.41) is 0. The third kappa shape index (κ3) is 6.56. The number of primary amides is 1. The molecule has 0 saturated heterocycles. The first kappa shape index (κ1) is 18.1. The molecule has 3 N–H and O–H groups in total. The van der Waals surface area contributed by atoms with Gasteiger partial charge in [0.2, 0.25) is 15.9 Å². The number of carbonyl (C=O) groups excluding carboxylic acids is 1. The van der Waals surface area contributed by atoms with Gasteiger partial charge in [-0.05, 0) is 45.0 Å². The van der Waals surface area contributed by atoms with Crippen LogP contribution in [0.3, 0.4) is 0 Å². The molecule has 6 nitrogen and oxygen atoms in total. The zero-order chi connectivity index (χ0) is 16.3. The number of ether oxygens (including phenoxy) is 1. The Kier molecular flexibility index (Phi) is 5.92. The smallest absolute Gasteiger partial charge is 0.242 e. The molecule has 0 radical (unpaired) electrons. The van der Waals surface area contributed by atoms with E-state index in [1.165, 1.54) is 12.1 Å². The van der Waals surface area contributed by atoms with Crippen LogP contribution in [0.5, 0.6) is 0 Å². The minimum Gasteiger partial charge on any atom is -0.370 e. The highest BCUT2D eigenvalue weighted by Crippen LogP contribution is 2.17. The molecule has 0 aliphatic carbocycles. The highest BCUT2D eigenvalue weighted by molar-refractivity contribution is 9.10. The van der Waals surface area contributed by atoms with Gasteiger partial charge in [0.1, 0.15) is 6.23 Å². The van der Waals surface area contributed by atoms with Crippen LogP contribution in [0.2, 0.25) is 0 Å². The van der Waals surface area contributed by atoms with E-state index in [4.69, 9.17) is 10.5 Å². The number of nitrogens with one attached hydrogen (secondary N) is 1. The van der Waals surface area contributed by atoms with Crippen LogP contribution in [0.4, 0.5) is 0 Å². The highest BCUT2D eigenvalue weighted by Gasteiger charge is 2.26. The Morgan fingerprint density at radius 3 is 2.29 bits per heavy atom. The predicted molar refractivity (Wildman–Crippen MR) is 82.9 cm³/mol. The van der Waals surface area contributed by atoms with Crippen molar-refractivity contribution in [2.24, 2.45) is 5.73 Å². The molecular weight excluding hydrogens is 360 g/mol. The van der Waals surface area contributed by atoms with Gasteiger partial charge in [0.25, 0.3) is 0 Å². The average molecular weight is 379 g/mol. The van der Waals surface area contributed by atoms with Crippen molar-refractivity contribution < 1.29 is 17.9 Å². The van der Waals surface area contributed by atoms with Crippen LogP contribution in [0.15, 0.2) is 33.6 Å². The lowest BCUT2D eigenvalue weighted by Crippen LogP contribution is -2.43. The van der Waals surface area contributed by atoms with Crippen molar-refractivity contribution in [3.63, 3.8) is 0 Å². The molecule has 1 aromatic rings. The Hall–Kier alpha value is -0.960. The van der Waals surface area contributed by atoms with Gasteiger partial charge in [0.05, 0.1) is 16.9 Å². The minimum atomic E-state index is -3.80. The molecule has 0 spiro atoms. The van der Waals surface area contributed by atoms with E-state index in [0.29, 0.717) is 0 Å². The fourth-order valence-electron chi connectivity index (χ4n) is 1.57. The number of rotatable bonds is 6. The standard InChI is InChI=1S/C13H19BrN2O4S/c1-13(2,3)20-12(8-11(15)17)16-21(18,19)10-6-4-9(14)5-7-10/h4-7,12,16H,8H2,1-3H3,(H2,15,17). The lowest BCUT2D eigenvalue weighted by Gasteiger charge is -2.27. The van der Waals surface area contributed by atoms with Crippen LogP contribution < -0.4 is 10.5 Å². The Balaban J connectivity index is 2.95. The van der Waals surface area contributed by atoms with Crippen LogP contribution in [0.25, 0.3) is 0 Å². The minimum absolute atomic E-state index is 0.0812. The fourth-order valence-corrected chi connectivity index (χ4v) is 2.94. The van der Waals surface area contributed by atoms with Crippen molar-refractivity contribution >= 4 is 31.9 Å². The van der Waals surface area contributed by atoms with E-state index >= 15 is 0 Å². The van der Waals surface area contributed by atoms with Gasteiger partial charge < -0.3 is 10.5 Å². The van der Waals surface area contributed by atoms with E-state index in [0.717, 1.165) is 4.47 Å². The molecule has 0 aromatic heterocycles. The van der Waals surface area contributed by atoms with Crippen molar-refractivity contribution in [2.75, 3.05) is 0 Å². The molecule has 0 bridgehead atoms. The third-order valence-electron chi connectivity index (χ3n) is 2.29. The van der Waals surface area contributed by atoms with Gasteiger partial charge in [-0.3, -0.25) is 4.79 Å². The first-order valence-corrected chi connectivity index (χ1v) is 8.51. The first-order valence-electron chi connectivity index (χ1n) is 6.24. The number of carbonyl (C=O) groups is 1. The van der Waals surface area contributed by atoms with E-state index in [2.05, 4.69) is 20.7 Å². The van der Waals surface area contributed by atoms with Gasteiger partial charge in [-0.2, -0.15) is 4.72 Å². The molecular formula is C13H19BrN2O4S. The molecule has 0 fully saturated rings. The van der Waals surface area contributed by atoms with Crippen LogP contribution in [-0.4, -0.2) is 26.2 Å². The van der Waals surface area contributed by atoms with Gasteiger partial charge in [-0.1, -0.05) is 15.9 Å². The Bertz CT molecular complexity index is 594. The molecule has 0 aliphatic rings. The lowest BCUT2D eigenvalue weighted by atomic mass is 10.2. The second-order valence-electron chi connectivity index (χ2n) is 5.46. The average Bonchev–Trinajstić information content (AvgIpc) is 2.25. The van der Waals surface area contributed by atoms with E-state index in [1.807, 2.05) is 0 Å². The summed E-state index contributed by atoms with van der Waals surface area (Å²) in [7, 11) is -3.80. The van der Waals surface area contributed by atoms with Crippen molar-refractivity contribution in [1.29, 1.82) is 0 Å². The Morgan fingerprint density at radius 2 is 1.86 bits per heavy atom. The molecule has 1 aromatic carbocycles. The molecule has 1 amide bonds. The summed E-state index contributed by atoms with van der Waals surface area (Å²) in [6.45, 7) is 5.28. The highest BCUT2D eigenvalue weighted by atomic mass is 79.9. The summed E-state index contributed by atoms with van der Waals surface area (Å²) < 4.78 is 33.2. The quantitative estimate of drug-likeness (QED) is 0.736. The Morgan fingerprint density at radius 1 is 1.33 bits per heavy atom. The molecule has 1 atom stereocenters. The largest absolute Gasteiger partial charge is 0.370 e.